The molecule has 10 heavy (non-hydrogen) atoms. The normalized spacial score (nSPS) is 9.90. The average Bonchev–Trinajstić information content (AvgIpc) is 1.94. The fraction of sp³-hybridized carbons (Fsp3) is 0.143. The maximum absolute atomic E-state index is 12.4. The molecule has 0 saturated heterocycles. The molecule has 1 aromatic carbocycles. The van der Waals surface area contributed by atoms with Crippen LogP contribution in [-0.2, 0) is 0 Å². The van der Waals surface area contributed by atoms with Gasteiger partial charge in [-0.15, -0.1) is 0 Å². The third-order valence-electron chi connectivity index (χ3n) is 1.25. The summed E-state index contributed by atoms with van der Waals surface area (Å²) in [5.74, 6) is -0.317. The van der Waals surface area contributed by atoms with Gasteiger partial charge in [-0.25, -0.2) is 4.39 Å². The summed E-state index contributed by atoms with van der Waals surface area (Å²) in [6.07, 6.45) is 0. The van der Waals surface area contributed by atoms with E-state index in [9.17, 15) is 4.39 Å². The van der Waals surface area contributed by atoms with E-state index in [4.69, 9.17) is 4.55 Å². The summed E-state index contributed by atoms with van der Waals surface area (Å²) in [6, 6.07) is 4.31. The number of hydrogen-bond acceptors (Lipinski definition) is 2. The van der Waals surface area contributed by atoms with Gasteiger partial charge in [0.1, 0.15) is 5.82 Å². The zero-order valence-corrected chi connectivity index (χ0v) is 6.28. The third-order valence-corrected chi connectivity index (χ3v) is 1.89. The van der Waals surface area contributed by atoms with E-state index in [1.807, 2.05) is 6.92 Å². The minimum absolute atomic E-state index is 0.317. The third kappa shape index (κ3) is 1.49. The Morgan fingerprint density at radius 3 is 2.70 bits per heavy atom. The number of benzene rings is 1. The molecule has 0 bridgehead atoms. The van der Waals surface area contributed by atoms with E-state index in [0.717, 1.165) is 5.56 Å². The van der Waals surface area contributed by atoms with Crippen LogP contribution >= 0.6 is 12.0 Å². The molecule has 0 aliphatic carbocycles. The van der Waals surface area contributed by atoms with Gasteiger partial charge in [0.05, 0.1) is 0 Å². The summed E-state index contributed by atoms with van der Waals surface area (Å²) in [5.41, 5.74) is 0.883. The minimum Gasteiger partial charge on any atom is -0.325 e. The van der Waals surface area contributed by atoms with Crippen molar-refractivity contribution < 1.29 is 8.94 Å². The summed E-state index contributed by atoms with van der Waals surface area (Å²) < 4.78 is 21.0. The molecular weight excluding hydrogens is 151 g/mol. The van der Waals surface area contributed by atoms with Crippen molar-refractivity contribution in [2.45, 2.75) is 11.8 Å². The topological polar surface area (TPSA) is 20.2 Å². The largest absolute Gasteiger partial charge is 0.325 e. The Morgan fingerprint density at radius 1 is 1.50 bits per heavy atom. The molecule has 1 N–H and O–H groups in total. The van der Waals surface area contributed by atoms with Crippen molar-refractivity contribution in [1.82, 2.24) is 0 Å². The first-order valence-electron chi connectivity index (χ1n) is 2.81. The summed E-state index contributed by atoms with van der Waals surface area (Å²) in [5, 5.41) is 0. The molecule has 0 aromatic heterocycles. The van der Waals surface area contributed by atoms with Crippen LogP contribution < -0.4 is 0 Å². The van der Waals surface area contributed by atoms with Crippen LogP contribution in [0.25, 0.3) is 0 Å². The van der Waals surface area contributed by atoms with Crippen LogP contribution in [0.2, 0.25) is 0 Å². The zero-order valence-electron chi connectivity index (χ0n) is 5.47. The Morgan fingerprint density at radius 2 is 2.20 bits per heavy atom. The van der Waals surface area contributed by atoms with Crippen molar-refractivity contribution in [1.29, 1.82) is 0 Å². The van der Waals surface area contributed by atoms with Crippen LogP contribution in [0.3, 0.4) is 0 Å². The fourth-order valence-electron chi connectivity index (χ4n) is 0.672. The predicted molar refractivity (Wildman–Crippen MR) is 39.6 cm³/mol. The fourth-order valence-corrected chi connectivity index (χ4v) is 1.05. The number of hydrogen-bond donors (Lipinski definition) is 1. The highest BCUT2D eigenvalue weighted by atomic mass is 32.2. The van der Waals surface area contributed by atoms with E-state index in [2.05, 4.69) is 0 Å². The molecule has 1 aromatic rings. The highest BCUT2D eigenvalue weighted by Gasteiger charge is 1.98. The molecule has 0 amide bonds. The smallest absolute Gasteiger partial charge is 0.124 e. The molecule has 54 valence electrons. The molecule has 1 nitrogen and oxygen atoms in total. The van der Waals surface area contributed by atoms with Gasteiger partial charge in [0.25, 0.3) is 0 Å². The van der Waals surface area contributed by atoms with Crippen LogP contribution in [-0.4, -0.2) is 4.55 Å². The Labute approximate surface area is 63.1 Å². The highest BCUT2D eigenvalue weighted by Crippen LogP contribution is 2.19. The molecule has 0 atom stereocenters. The van der Waals surface area contributed by atoms with Crippen LogP contribution in [0.5, 0.6) is 0 Å². The van der Waals surface area contributed by atoms with Gasteiger partial charge >= 0.3 is 0 Å². The summed E-state index contributed by atoms with van der Waals surface area (Å²) in [7, 11) is 0. The summed E-state index contributed by atoms with van der Waals surface area (Å²) >= 11 is 0.570. The maximum atomic E-state index is 12.4. The summed E-state index contributed by atoms with van der Waals surface area (Å²) in [6.45, 7) is 1.82. The van der Waals surface area contributed by atoms with Crippen LogP contribution in [0, 0.1) is 12.7 Å². The van der Waals surface area contributed by atoms with Gasteiger partial charge in [0.15, 0.2) is 0 Å². The Hall–Kier alpha value is -0.540. The first-order valence-corrected chi connectivity index (χ1v) is 3.59. The van der Waals surface area contributed by atoms with Crippen molar-refractivity contribution in [2.24, 2.45) is 0 Å². The van der Waals surface area contributed by atoms with E-state index < -0.39 is 0 Å². The van der Waals surface area contributed by atoms with Crippen LogP contribution in [0.15, 0.2) is 23.1 Å². The zero-order chi connectivity index (χ0) is 7.56. The van der Waals surface area contributed by atoms with Crippen LogP contribution in [0.1, 0.15) is 5.56 Å². The SMILES string of the molecule is Cc1ccc(F)cc1SO. The van der Waals surface area contributed by atoms with E-state index in [1.165, 1.54) is 12.1 Å². The highest BCUT2D eigenvalue weighted by molar-refractivity contribution is 7.93. The molecular formula is C7H7FOS. The van der Waals surface area contributed by atoms with Gasteiger partial charge in [-0.2, -0.15) is 0 Å². The lowest BCUT2D eigenvalue weighted by Crippen LogP contribution is -1.80. The second-order valence-electron chi connectivity index (χ2n) is 2.00. The Bertz CT molecular complexity index is 237. The van der Waals surface area contributed by atoms with E-state index in [1.54, 1.807) is 6.07 Å². The van der Waals surface area contributed by atoms with Gasteiger partial charge in [-0.1, -0.05) is 6.07 Å². The van der Waals surface area contributed by atoms with Gasteiger partial charge in [-0.3, -0.25) is 0 Å². The molecule has 0 saturated carbocycles. The number of aryl methyl sites for hydroxylation is 1. The monoisotopic (exact) mass is 158 g/mol. The van der Waals surface area contributed by atoms with Gasteiger partial charge in [0, 0.05) is 16.9 Å². The molecule has 0 aliphatic heterocycles. The van der Waals surface area contributed by atoms with Crippen molar-refractivity contribution in [3.05, 3.63) is 29.6 Å². The van der Waals surface area contributed by atoms with Gasteiger partial charge in [0.2, 0.25) is 0 Å². The Balaban J connectivity index is 3.09. The van der Waals surface area contributed by atoms with E-state index >= 15 is 0 Å². The number of rotatable bonds is 1. The minimum atomic E-state index is -0.317. The summed E-state index contributed by atoms with van der Waals surface area (Å²) in [4.78, 5) is 0.569. The van der Waals surface area contributed by atoms with Crippen molar-refractivity contribution in [3.8, 4) is 0 Å². The lowest BCUT2D eigenvalue weighted by Gasteiger charge is -1.98. The van der Waals surface area contributed by atoms with Crippen molar-refractivity contribution in [3.63, 3.8) is 0 Å². The van der Waals surface area contributed by atoms with Crippen molar-refractivity contribution >= 4 is 12.0 Å². The van der Waals surface area contributed by atoms with E-state index in [-0.39, 0.29) is 5.82 Å². The Kier molecular flexibility index (Phi) is 2.29. The van der Waals surface area contributed by atoms with Crippen LogP contribution in [0.4, 0.5) is 4.39 Å². The first kappa shape index (κ1) is 7.57. The average molecular weight is 158 g/mol. The van der Waals surface area contributed by atoms with Gasteiger partial charge < -0.3 is 4.55 Å². The molecule has 0 heterocycles. The second kappa shape index (κ2) is 3.03. The number of halogens is 1. The molecule has 0 spiro atoms. The molecule has 0 radical (unpaired) electrons. The molecule has 1 rings (SSSR count). The standard InChI is InChI=1S/C7H7FOS/c1-5-2-3-6(8)4-7(5)10-9/h2-4,9H,1H3. The lowest BCUT2D eigenvalue weighted by molar-refractivity contribution is 0.620. The maximum Gasteiger partial charge on any atom is 0.124 e. The lowest BCUT2D eigenvalue weighted by atomic mass is 10.2. The molecule has 0 aliphatic rings. The van der Waals surface area contributed by atoms with Crippen molar-refractivity contribution in [2.75, 3.05) is 0 Å². The molecule has 0 unspecified atom stereocenters. The van der Waals surface area contributed by atoms with E-state index in [0.29, 0.717) is 16.9 Å². The molecule has 3 heteroatoms. The second-order valence-corrected chi connectivity index (χ2v) is 2.62. The molecule has 0 fully saturated rings. The quantitative estimate of drug-likeness (QED) is 0.634. The predicted octanol–water partition coefficient (Wildman–Crippen LogP) is 2.70. The first-order chi connectivity index (χ1) is 4.74. The van der Waals surface area contributed by atoms with Gasteiger partial charge in [-0.05, 0) is 24.6 Å².